The van der Waals surface area contributed by atoms with Crippen molar-refractivity contribution < 1.29 is 13.5 Å². The van der Waals surface area contributed by atoms with Gasteiger partial charge < -0.3 is 10.8 Å². The molecule has 0 saturated carbocycles. The van der Waals surface area contributed by atoms with Crippen molar-refractivity contribution in [2.45, 2.75) is 38.1 Å². The van der Waals surface area contributed by atoms with Crippen LogP contribution in [0.3, 0.4) is 0 Å². The molecule has 1 rings (SSSR count). The summed E-state index contributed by atoms with van der Waals surface area (Å²) in [6, 6.07) is 3.02. The number of anilines is 1. The second-order valence-corrected chi connectivity index (χ2v) is 6.00. The molecule has 0 spiro atoms. The van der Waals surface area contributed by atoms with E-state index in [-0.39, 0.29) is 17.2 Å². The van der Waals surface area contributed by atoms with Gasteiger partial charge in [-0.2, -0.15) is 0 Å². The van der Waals surface area contributed by atoms with Gasteiger partial charge in [-0.3, -0.25) is 0 Å². The molecule has 0 heterocycles. The highest BCUT2D eigenvalue weighted by molar-refractivity contribution is 7.89. The van der Waals surface area contributed by atoms with Crippen LogP contribution < -0.4 is 10.5 Å². The van der Waals surface area contributed by atoms with Crippen molar-refractivity contribution in [3.05, 3.63) is 23.3 Å². The Bertz CT molecular complexity index is 522. The number of aryl methyl sites for hydroxylation is 2. The van der Waals surface area contributed by atoms with Crippen LogP contribution in [0, 0.1) is 13.8 Å². The zero-order valence-corrected chi connectivity index (χ0v) is 11.7. The van der Waals surface area contributed by atoms with E-state index in [1.54, 1.807) is 32.9 Å². The first-order valence-corrected chi connectivity index (χ1v) is 7.30. The molecule has 0 aliphatic carbocycles. The number of nitrogen functional groups attached to an aromatic ring is 1. The second kappa shape index (κ2) is 5.69. The Morgan fingerprint density at radius 3 is 2.39 bits per heavy atom. The van der Waals surface area contributed by atoms with Gasteiger partial charge in [-0.15, -0.1) is 0 Å². The van der Waals surface area contributed by atoms with Gasteiger partial charge in [-0.1, -0.05) is 19.1 Å². The number of aliphatic hydroxyl groups is 1. The normalized spacial score (nSPS) is 13.6. The molecule has 0 radical (unpaired) electrons. The van der Waals surface area contributed by atoms with Gasteiger partial charge in [0.2, 0.25) is 10.0 Å². The summed E-state index contributed by atoms with van der Waals surface area (Å²) in [5, 5.41) is 9.07. The molecule has 0 aromatic heterocycles. The zero-order valence-electron chi connectivity index (χ0n) is 10.9. The van der Waals surface area contributed by atoms with Crippen LogP contribution in [0.15, 0.2) is 17.0 Å². The van der Waals surface area contributed by atoms with E-state index in [2.05, 4.69) is 4.72 Å². The van der Waals surface area contributed by atoms with Gasteiger partial charge in [0.15, 0.2) is 0 Å². The number of rotatable bonds is 5. The molecule has 1 unspecified atom stereocenters. The summed E-state index contributed by atoms with van der Waals surface area (Å²) in [5.74, 6) is 0. The van der Waals surface area contributed by atoms with Gasteiger partial charge in [-0.25, -0.2) is 13.1 Å². The molecule has 1 aromatic rings. The van der Waals surface area contributed by atoms with Crippen LogP contribution >= 0.6 is 0 Å². The lowest BCUT2D eigenvalue weighted by Gasteiger charge is -2.17. The molecule has 0 saturated heterocycles. The topological polar surface area (TPSA) is 92.4 Å². The predicted molar refractivity (Wildman–Crippen MR) is 71.8 cm³/mol. The fourth-order valence-electron chi connectivity index (χ4n) is 1.69. The lowest BCUT2D eigenvalue weighted by atomic mass is 10.1. The standard InChI is InChI=1S/C12H20N2O3S/c1-4-10(7-15)14-18(16,17)12-9(3)6-5-8(2)11(12)13/h5-6,10,14-15H,4,7,13H2,1-3H3. The molecule has 4 N–H and O–H groups in total. The van der Waals surface area contributed by atoms with Crippen LogP contribution in [0.1, 0.15) is 24.5 Å². The average Bonchev–Trinajstić information content (AvgIpc) is 2.31. The minimum atomic E-state index is -3.70. The molecule has 0 bridgehead atoms. The van der Waals surface area contributed by atoms with Crippen molar-refractivity contribution >= 4 is 15.7 Å². The number of nitrogens with one attached hydrogen (secondary N) is 1. The molecule has 1 atom stereocenters. The third kappa shape index (κ3) is 3.01. The first kappa shape index (κ1) is 14.9. The van der Waals surface area contributed by atoms with E-state index in [4.69, 9.17) is 10.8 Å². The Kier molecular flexibility index (Phi) is 4.72. The number of hydrogen-bond donors (Lipinski definition) is 3. The van der Waals surface area contributed by atoms with E-state index >= 15 is 0 Å². The van der Waals surface area contributed by atoms with Gasteiger partial charge in [0.05, 0.1) is 12.3 Å². The molecular weight excluding hydrogens is 252 g/mol. The molecule has 6 heteroatoms. The quantitative estimate of drug-likeness (QED) is 0.695. The molecule has 102 valence electrons. The third-order valence-electron chi connectivity index (χ3n) is 2.91. The minimum Gasteiger partial charge on any atom is -0.397 e. The highest BCUT2D eigenvalue weighted by Crippen LogP contribution is 2.25. The zero-order chi connectivity index (χ0) is 13.9. The van der Waals surface area contributed by atoms with Gasteiger partial charge in [0.25, 0.3) is 0 Å². The Morgan fingerprint density at radius 1 is 1.33 bits per heavy atom. The van der Waals surface area contributed by atoms with Gasteiger partial charge in [0, 0.05) is 6.04 Å². The van der Waals surface area contributed by atoms with Crippen LogP contribution in [0.2, 0.25) is 0 Å². The highest BCUT2D eigenvalue weighted by Gasteiger charge is 2.23. The summed E-state index contributed by atoms with van der Waals surface area (Å²) in [5.41, 5.74) is 7.42. The van der Waals surface area contributed by atoms with Crippen LogP contribution in [-0.4, -0.2) is 26.2 Å². The largest absolute Gasteiger partial charge is 0.397 e. The summed E-state index contributed by atoms with van der Waals surface area (Å²) >= 11 is 0. The molecule has 0 fully saturated rings. The van der Waals surface area contributed by atoms with Crippen LogP contribution in [0.4, 0.5) is 5.69 Å². The molecule has 0 aliphatic rings. The van der Waals surface area contributed by atoms with E-state index in [0.717, 1.165) is 5.56 Å². The smallest absolute Gasteiger partial charge is 0.243 e. The van der Waals surface area contributed by atoms with Crippen molar-refractivity contribution in [1.29, 1.82) is 0 Å². The van der Waals surface area contributed by atoms with E-state index in [1.165, 1.54) is 0 Å². The summed E-state index contributed by atoms with van der Waals surface area (Å²) < 4.78 is 27.0. The van der Waals surface area contributed by atoms with E-state index in [0.29, 0.717) is 12.0 Å². The van der Waals surface area contributed by atoms with E-state index in [1.807, 2.05) is 0 Å². The first-order valence-electron chi connectivity index (χ1n) is 5.82. The summed E-state index contributed by atoms with van der Waals surface area (Å²) in [7, 11) is -3.70. The maximum atomic E-state index is 12.3. The Balaban J connectivity index is 3.25. The first-order chi connectivity index (χ1) is 8.33. The maximum Gasteiger partial charge on any atom is 0.243 e. The Labute approximate surface area is 108 Å². The lowest BCUT2D eigenvalue weighted by molar-refractivity contribution is 0.254. The number of aliphatic hydroxyl groups excluding tert-OH is 1. The third-order valence-corrected chi connectivity index (χ3v) is 4.64. The summed E-state index contributed by atoms with van der Waals surface area (Å²) in [6.07, 6.45) is 0.514. The van der Waals surface area contributed by atoms with Crippen molar-refractivity contribution in [1.82, 2.24) is 4.72 Å². The van der Waals surface area contributed by atoms with Crippen LogP contribution in [0.5, 0.6) is 0 Å². The van der Waals surface area contributed by atoms with Crippen molar-refractivity contribution in [2.75, 3.05) is 12.3 Å². The van der Waals surface area contributed by atoms with Gasteiger partial charge in [0.1, 0.15) is 4.90 Å². The van der Waals surface area contributed by atoms with Crippen LogP contribution in [-0.2, 0) is 10.0 Å². The SMILES string of the molecule is CCC(CO)NS(=O)(=O)c1c(C)ccc(C)c1N. The monoisotopic (exact) mass is 272 g/mol. The molecule has 5 nitrogen and oxygen atoms in total. The Morgan fingerprint density at radius 2 is 1.89 bits per heavy atom. The summed E-state index contributed by atoms with van der Waals surface area (Å²) in [4.78, 5) is 0.106. The average molecular weight is 272 g/mol. The molecule has 1 aromatic carbocycles. The summed E-state index contributed by atoms with van der Waals surface area (Å²) in [6.45, 7) is 5.03. The fraction of sp³-hybridized carbons (Fsp3) is 0.500. The maximum absolute atomic E-state index is 12.3. The number of sulfonamides is 1. The van der Waals surface area contributed by atoms with E-state index < -0.39 is 16.1 Å². The minimum absolute atomic E-state index is 0.106. The van der Waals surface area contributed by atoms with Crippen molar-refractivity contribution in [3.8, 4) is 0 Å². The van der Waals surface area contributed by atoms with E-state index in [9.17, 15) is 8.42 Å². The molecule has 0 amide bonds. The van der Waals surface area contributed by atoms with Crippen LogP contribution in [0.25, 0.3) is 0 Å². The fourth-order valence-corrected chi connectivity index (χ4v) is 3.43. The second-order valence-electron chi connectivity index (χ2n) is 4.35. The molecule has 0 aliphatic heterocycles. The molecule has 18 heavy (non-hydrogen) atoms. The van der Waals surface area contributed by atoms with Crippen molar-refractivity contribution in [2.24, 2.45) is 0 Å². The van der Waals surface area contributed by atoms with Gasteiger partial charge >= 0.3 is 0 Å². The Hall–Kier alpha value is -1.11. The van der Waals surface area contributed by atoms with Gasteiger partial charge in [-0.05, 0) is 31.4 Å². The van der Waals surface area contributed by atoms with Crippen molar-refractivity contribution in [3.63, 3.8) is 0 Å². The molecular formula is C12H20N2O3S. The number of benzene rings is 1. The number of nitrogens with two attached hydrogens (primary N) is 1. The lowest BCUT2D eigenvalue weighted by Crippen LogP contribution is -2.37. The number of hydrogen-bond acceptors (Lipinski definition) is 4. The predicted octanol–water partition coefficient (Wildman–Crippen LogP) is 0.935. The highest BCUT2D eigenvalue weighted by atomic mass is 32.2.